The number of nitrogens with zero attached hydrogens (tertiary/aromatic N) is 4. The number of aliphatic hydroxyl groups excluding tert-OH is 1. The van der Waals surface area contributed by atoms with Gasteiger partial charge in [-0.1, -0.05) is 116 Å². The van der Waals surface area contributed by atoms with Crippen LogP contribution in [0.3, 0.4) is 0 Å². The van der Waals surface area contributed by atoms with Gasteiger partial charge in [-0.2, -0.15) is 0 Å². The van der Waals surface area contributed by atoms with Crippen LogP contribution in [0, 0.1) is 5.92 Å². The van der Waals surface area contributed by atoms with Crippen molar-refractivity contribution in [1.82, 2.24) is 25.0 Å². The van der Waals surface area contributed by atoms with Crippen LogP contribution in [0.4, 0.5) is 4.79 Å². The molecule has 2 aliphatic rings. The van der Waals surface area contributed by atoms with Crippen LogP contribution in [0.15, 0.2) is 115 Å². The molecular formula is C41H41N5O7S. The topological polar surface area (TPSA) is 145 Å². The Kier molecular flexibility index (Phi) is 11.5. The normalized spacial score (nSPS) is 21.3. The lowest BCUT2D eigenvalue weighted by Gasteiger charge is -2.41. The third-order valence-corrected chi connectivity index (χ3v) is 10.8. The van der Waals surface area contributed by atoms with Crippen LogP contribution in [-0.2, 0) is 50.6 Å². The van der Waals surface area contributed by atoms with Crippen LogP contribution in [0.1, 0.15) is 53.6 Å². The molecule has 2 saturated heterocycles. The molecule has 3 amide bonds. The van der Waals surface area contributed by atoms with Crippen LogP contribution in [-0.4, -0.2) is 60.6 Å². The number of benzene rings is 4. The maximum Gasteiger partial charge on any atom is 0.408 e. The van der Waals surface area contributed by atoms with Crippen LogP contribution < -0.4 is 5.32 Å². The Morgan fingerprint density at radius 2 is 1.65 bits per heavy atom. The minimum absolute atomic E-state index is 0.0258. The van der Waals surface area contributed by atoms with Gasteiger partial charge in [0.15, 0.2) is 11.4 Å². The summed E-state index contributed by atoms with van der Waals surface area (Å²) in [4.78, 5) is 39.6. The summed E-state index contributed by atoms with van der Waals surface area (Å²) in [6.07, 6.45) is -0.231. The molecule has 4 aromatic carbocycles. The lowest BCUT2D eigenvalue weighted by Crippen LogP contribution is -2.41. The van der Waals surface area contributed by atoms with E-state index in [4.69, 9.17) is 14.2 Å². The molecule has 2 N–H and O–H groups in total. The van der Waals surface area contributed by atoms with Gasteiger partial charge in [0.1, 0.15) is 19.0 Å². The summed E-state index contributed by atoms with van der Waals surface area (Å²) in [6, 6.07) is 31.7. The molecule has 2 fully saturated rings. The number of likely N-dealkylation sites (tertiary alicyclic amines) is 1. The monoisotopic (exact) mass is 747 g/mol. The fourth-order valence-electron chi connectivity index (χ4n) is 6.60. The van der Waals surface area contributed by atoms with E-state index in [1.807, 2.05) is 115 Å². The number of carbonyl (C=O) groups excluding carboxylic acids is 3. The number of aliphatic hydroxyl groups is 1. The van der Waals surface area contributed by atoms with Crippen LogP contribution in [0.5, 0.6) is 0 Å². The maximum atomic E-state index is 13.2. The van der Waals surface area contributed by atoms with Crippen molar-refractivity contribution in [2.45, 2.75) is 62.8 Å². The van der Waals surface area contributed by atoms with Crippen molar-refractivity contribution < 1.29 is 33.7 Å². The van der Waals surface area contributed by atoms with E-state index < -0.39 is 24.3 Å². The first kappa shape index (κ1) is 37.0. The van der Waals surface area contributed by atoms with Crippen LogP contribution >= 0.6 is 11.8 Å². The zero-order valence-electron chi connectivity index (χ0n) is 29.9. The van der Waals surface area contributed by atoms with Gasteiger partial charge in [-0.3, -0.25) is 14.5 Å². The third kappa shape index (κ3) is 8.55. The van der Waals surface area contributed by atoms with Gasteiger partial charge < -0.3 is 29.2 Å². The van der Waals surface area contributed by atoms with Gasteiger partial charge in [-0.05, 0) is 39.4 Å². The molecule has 0 spiro atoms. The second-order valence-electron chi connectivity index (χ2n) is 13.5. The largest absolute Gasteiger partial charge is 0.445 e. The second kappa shape index (κ2) is 16.8. The summed E-state index contributed by atoms with van der Waals surface area (Å²) in [5.74, 6) is -0.149. The quantitative estimate of drug-likeness (QED) is 0.113. The molecule has 5 atom stereocenters. The van der Waals surface area contributed by atoms with Gasteiger partial charge in [0, 0.05) is 24.3 Å². The Bertz CT molecular complexity index is 2080. The second-order valence-corrected chi connectivity index (χ2v) is 14.4. The highest BCUT2D eigenvalue weighted by molar-refractivity contribution is 7.99. The number of rotatable bonds is 12. The first-order valence-corrected chi connectivity index (χ1v) is 18.7. The molecule has 1 unspecified atom stereocenters. The van der Waals surface area contributed by atoms with Crippen LogP contribution in [0.2, 0.25) is 0 Å². The fourth-order valence-corrected chi connectivity index (χ4v) is 7.65. The zero-order chi connectivity index (χ0) is 37.6. The predicted octanol–water partition coefficient (Wildman–Crippen LogP) is 6.11. The molecule has 278 valence electrons. The summed E-state index contributed by atoms with van der Waals surface area (Å²) >= 11 is 1.59. The van der Waals surface area contributed by atoms with Crippen molar-refractivity contribution in [2.75, 3.05) is 5.75 Å². The van der Waals surface area contributed by atoms with Crippen molar-refractivity contribution >= 4 is 29.7 Å². The number of aryl methyl sites for hydroxylation is 1. The van der Waals surface area contributed by atoms with E-state index in [1.54, 1.807) is 18.1 Å². The molecule has 5 aromatic rings. The minimum Gasteiger partial charge on any atom is -0.445 e. The minimum atomic E-state index is -0.978. The molecule has 0 bridgehead atoms. The molecule has 13 heteroatoms. The Labute approximate surface area is 317 Å². The van der Waals surface area contributed by atoms with Crippen molar-refractivity contribution in [1.29, 1.82) is 0 Å². The summed E-state index contributed by atoms with van der Waals surface area (Å²) in [6.45, 7) is 2.24. The Morgan fingerprint density at radius 1 is 0.907 bits per heavy atom. The summed E-state index contributed by atoms with van der Waals surface area (Å²) in [5.41, 5.74) is 6.15. The maximum absolute atomic E-state index is 13.2. The average molecular weight is 748 g/mol. The number of nitrogens with one attached hydrogen (secondary N) is 1. The van der Waals surface area contributed by atoms with Crippen molar-refractivity contribution in [3.05, 3.63) is 137 Å². The lowest BCUT2D eigenvalue weighted by atomic mass is 9.91. The number of thioether (sulfide) groups is 1. The van der Waals surface area contributed by atoms with E-state index in [0.29, 0.717) is 5.75 Å². The standard InChI is InChI=1S/C41H41N5O7S/c1-26-35(24-54-40-44-42-25-45(40)2)52-39(53-37(26)31-13-11-27(22-47)12-14-31)32-17-15-30(16-18-32)33-10-6-9-29(19-33)21-46-36(48)20-34(38(46)49)43-41(50)51-23-28-7-4-3-5-8-28/h3-19,25-26,34-35,37,39,47H,20-24H2,1-2H3,(H,43,50)/t26-,34?,35+,37+,39+/m0/s1. The fraction of sp³-hybridized carbons (Fsp3) is 0.293. The van der Waals surface area contributed by atoms with Gasteiger partial charge in [0.25, 0.3) is 5.91 Å². The van der Waals surface area contributed by atoms with Gasteiger partial charge in [0.05, 0.1) is 31.8 Å². The highest BCUT2D eigenvalue weighted by atomic mass is 32.2. The molecule has 12 nitrogen and oxygen atoms in total. The molecular weight excluding hydrogens is 707 g/mol. The van der Waals surface area contributed by atoms with Gasteiger partial charge >= 0.3 is 6.09 Å². The molecule has 54 heavy (non-hydrogen) atoms. The van der Waals surface area contributed by atoms with E-state index >= 15 is 0 Å². The van der Waals surface area contributed by atoms with Crippen molar-refractivity contribution in [2.24, 2.45) is 13.0 Å². The van der Waals surface area contributed by atoms with Crippen molar-refractivity contribution in [3.8, 4) is 11.1 Å². The molecule has 1 aromatic heterocycles. The first-order chi connectivity index (χ1) is 26.2. The molecule has 3 heterocycles. The Hall–Kier alpha value is -5.34. The summed E-state index contributed by atoms with van der Waals surface area (Å²) < 4.78 is 20.4. The number of aromatic nitrogens is 3. The highest BCUT2D eigenvalue weighted by Gasteiger charge is 2.40. The van der Waals surface area contributed by atoms with E-state index in [1.165, 1.54) is 4.90 Å². The van der Waals surface area contributed by atoms with Crippen molar-refractivity contribution in [3.63, 3.8) is 0 Å². The van der Waals surface area contributed by atoms with E-state index in [0.717, 1.165) is 44.1 Å². The molecule has 0 radical (unpaired) electrons. The van der Waals surface area contributed by atoms with E-state index in [-0.39, 0.29) is 50.2 Å². The average Bonchev–Trinajstić information content (AvgIpc) is 3.73. The van der Waals surface area contributed by atoms with Gasteiger partial charge in [-0.15, -0.1) is 10.2 Å². The highest BCUT2D eigenvalue weighted by Crippen LogP contribution is 2.43. The van der Waals surface area contributed by atoms with E-state index in [9.17, 15) is 19.5 Å². The zero-order valence-corrected chi connectivity index (χ0v) is 30.7. The number of carbonyl (C=O) groups is 3. The third-order valence-electron chi connectivity index (χ3n) is 9.70. The number of alkyl carbamates (subject to hydrolysis) is 1. The number of amides is 3. The number of imide groups is 1. The smallest absolute Gasteiger partial charge is 0.408 e. The Balaban J connectivity index is 1.01. The molecule has 7 rings (SSSR count). The lowest BCUT2D eigenvalue weighted by molar-refractivity contribution is -0.268. The molecule has 0 saturated carbocycles. The summed E-state index contributed by atoms with van der Waals surface area (Å²) in [5, 5.41) is 21.1. The molecule has 0 aliphatic carbocycles. The SMILES string of the molecule is C[C@H]1[C@@H](CSc2nncn2C)O[C@@H](c2ccc(-c3cccc(CN4C(=O)CC(NC(=O)OCc5ccccc5)C4=O)c3)cc2)O[C@H]1c1ccc(CO)cc1. The number of hydrogen-bond donors (Lipinski definition) is 2. The van der Waals surface area contributed by atoms with Gasteiger partial charge in [0.2, 0.25) is 5.91 Å². The van der Waals surface area contributed by atoms with Gasteiger partial charge in [-0.25, -0.2) is 4.79 Å². The summed E-state index contributed by atoms with van der Waals surface area (Å²) in [7, 11) is 1.91. The number of ether oxygens (including phenoxy) is 3. The number of hydrogen-bond acceptors (Lipinski definition) is 10. The van der Waals surface area contributed by atoms with E-state index in [2.05, 4.69) is 22.4 Å². The first-order valence-electron chi connectivity index (χ1n) is 17.7. The van der Waals surface area contributed by atoms with Crippen LogP contribution in [0.25, 0.3) is 11.1 Å². The Morgan fingerprint density at radius 3 is 2.37 bits per heavy atom. The molecule has 2 aliphatic heterocycles. The predicted molar refractivity (Wildman–Crippen MR) is 200 cm³/mol.